The molecule has 1 atom stereocenters. The number of hydrogen-bond acceptors (Lipinski definition) is 2. The minimum atomic E-state index is -0.428. The number of nitrogens with zero attached hydrogens (tertiary/aromatic N) is 2. The smallest absolute Gasteiger partial charge is 0.230 e. The van der Waals surface area contributed by atoms with E-state index in [0.29, 0.717) is 32.5 Å². The molecule has 4 nitrogen and oxygen atoms in total. The Morgan fingerprint density at radius 2 is 2.00 bits per heavy atom. The number of allylic oxidation sites excluding steroid dienone is 1. The van der Waals surface area contributed by atoms with Crippen molar-refractivity contribution in [1.29, 1.82) is 0 Å². The normalized spacial score (nSPS) is 23.3. The van der Waals surface area contributed by atoms with E-state index in [0.717, 1.165) is 31.4 Å². The highest BCUT2D eigenvalue weighted by Crippen LogP contribution is 2.40. The molecule has 2 saturated heterocycles. The first kappa shape index (κ1) is 17.6. The summed E-state index contributed by atoms with van der Waals surface area (Å²) in [4.78, 5) is 29.1. The number of carbonyl (C=O) groups excluding carboxylic acids is 2. The molecule has 2 fully saturated rings. The van der Waals surface area contributed by atoms with Crippen molar-refractivity contribution in [2.24, 2.45) is 5.41 Å². The van der Waals surface area contributed by atoms with Crippen LogP contribution in [-0.2, 0) is 16.1 Å². The fraction of sp³-hybridized carbons (Fsp3) is 0.500. The van der Waals surface area contributed by atoms with E-state index in [1.165, 1.54) is 12.1 Å². The Balaban J connectivity index is 1.66. The van der Waals surface area contributed by atoms with Gasteiger partial charge in [0.1, 0.15) is 5.82 Å². The van der Waals surface area contributed by atoms with Gasteiger partial charge in [-0.15, -0.1) is 6.58 Å². The lowest BCUT2D eigenvalue weighted by molar-refractivity contribution is -0.146. The van der Waals surface area contributed by atoms with Crippen LogP contribution in [0.15, 0.2) is 36.9 Å². The van der Waals surface area contributed by atoms with E-state index in [4.69, 9.17) is 0 Å². The molecule has 0 aliphatic carbocycles. The summed E-state index contributed by atoms with van der Waals surface area (Å²) in [5.74, 6) is -0.0167. The van der Waals surface area contributed by atoms with Crippen molar-refractivity contribution >= 4 is 11.8 Å². The molecule has 0 radical (unpaired) electrons. The van der Waals surface area contributed by atoms with E-state index in [2.05, 4.69) is 6.58 Å². The highest BCUT2D eigenvalue weighted by atomic mass is 19.1. The summed E-state index contributed by atoms with van der Waals surface area (Å²) in [6.45, 7) is 6.07. The van der Waals surface area contributed by atoms with E-state index >= 15 is 0 Å². The van der Waals surface area contributed by atoms with Crippen molar-refractivity contribution in [3.63, 3.8) is 0 Å². The molecule has 2 amide bonds. The summed E-state index contributed by atoms with van der Waals surface area (Å²) in [5.41, 5.74) is 0.506. The number of likely N-dealkylation sites (tertiary alicyclic amines) is 2. The van der Waals surface area contributed by atoms with Gasteiger partial charge in [0.15, 0.2) is 0 Å². The Morgan fingerprint density at radius 3 is 2.72 bits per heavy atom. The number of hydrogen-bond donors (Lipinski definition) is 0. The highest BCUT2D eigenvalue weighted by molar-refractivity contribution is 5.86. The molecule has 2 heterocycles. The molecular weight excluding hydrogens is 319 g/mol. The second-order valence-corrected chi connectivity index (χ2v) is 7.13. The van der Waals surface area contributed by atoms with E-state index in [1.807, 2.05) is 9.80 Å². The lowest BCUT2D eigenvalue weighted by Gasteiger charge is -2.39. The maximum Gasteiger partial charge on any atom is 0.230 e. The molecule has 2 aliphatic rings. The molecule has 0 unspecified atom stereocenters. The summed E-state index contributed by atoms with van der Waals surface area (Å²) >= 11 is 0. The molecule has 2 aliphatic heterocycles. The first-order valence-electron chi connectivity index (χ1n) is 8.96. The monoisotopic (exact) mass is 344 g/mol. The lowest BCUT2D eigenvalue weighted by atomic mass is 9.78. The Morgan fingerprint density at radius 1 is 1.24 bits per heavy atom. The summed E-state index contributed by atoms with van der Waals surface area (Å²) in [6, 6.07) is 6.30. The van der Waals surface area contributed by atoms with E-state index in [1.54, 1.807) is 18.2 Å². The van der Waals surface area contributed by atoms with Crippen molar-refractivity contribution in [2.45, 2.75) is 38.6 Å². The predicted octanol–water partition coefficient (Wildman–Crippen LogP) is 3.13. The maximum atomic E-state index is 13.1. The van der Waals surface area contributed by atoms with Crippen LogP contribution in [0.2, 0.25) is 0 Å². The summed E-state index contributed by atoms with van der Waals surface area (Å²) in [7, 11) is 0. The van der Waals surface area contributed by atoms with Gasteiger partial charge in [-0.3, -0.25) is 9.59 Å². The van der Waals surface area contributed by atoms with Gasteiger partial charge in [-0.05, 0) is 43.4 Å². The van der Waals surface area contributed by atoms with Gasteiger partial charge >= 0.3 is 0 Å². The van der Waals surface area contributed by atoms with Crippen LogP contribution in [0.1, 0.15) is 37.7 Å². The largest absolute Gasteiger partial charge is 0.342 e. The minimum Gasteiger partial charge on any atom is -0.342 e. The van der Waals surface area contributed by atoms with Crippen molar-refractivity contribution in [2.75, 3.05) is 19.6 Å². The average Bonchev–Trinajstić information content (AvgIpc) is 3.04. The van der Waals surface area contributed by atoms with E-state index in [-0.39, 0.29) is 17.6 Å². The van der Waals surface area contributed by atoms with E-state index in [9.17, 15) is 14.0 Å². The average molecular weight is 344 g/mol. The number of rotatable bonds is 5. The van der Waals surface area contributed by atoms with Crippen molar-refractivity contribution < 1.29 is 14.0 Å². The van der Waals surface area contributed by atoms with Gasteiger partial charge in [0.2, 0.25) is 11.8 Å². The van der Waals surface area contributed by atoms with Crippen molar-refractivity contribution in [1.82, 2.24) is 9.80 Å². The molecule has 25 heavy (non-hydrogen) atoms. The van der Waals surface area contributed by atoms with Gasteiger partial charge in [-0.1, -0.05) is 18.2 Å². The first-order chi connectivity index (χ1) is 12.0. The topological polar surface area (TPSA) is 40.6 Å². The number of carbonyl (C=O) groups is 2. The van der Waals surface area contributed by atoms with Crippen LogP contribution in [0.3, 0.4) is 0 Å². The number of piperidine rings is 1. The minimum absolute atomic E-state index is 0.111. The molecule has 1 aromatic rings. The molecule has 0 bridgehead atoms. The molecule has 1 aromatic carbocycles. The van der Waals surface area contributed by atoms with Crippen LogP contribution < -0.4 is 0 Å². The van der Waals surface area contributed by atoms with Crippen LogP contribution in [0.25, 0.3) is 0 Å². The second kappa shape index (κ2) is 7.38. The van der Waals surface area contributed by atoms with Gasteiger partial charge in [-0.25, -0.2) is 4.39 Å². The van der Waals surface area contributed by atoms with Gasteiger partial charge in [-0.2, -0.15) is 0 Å². The fourth-order valence-electron chi connectivity index (χ4n) is 3.96. The van der Waals surface area contributed by atoms with Crippen LogP contribution in [0, 0.1) is 11.2 Å². The Hall–Kier alpha value is -2.17. The van der Waals surface area contributed by atoms with Crippen LogP contribution in [0.5, 0.6) is 0 Å². The zero-order valence-electron chi connectivity index (χ0n) is 14.5. The SMILES string of the molecule is C=CCCC(=O)N1CC[C@@]2(CCCN(Cc3ccc(F)cc3)C2=O)C1. The molecule has 1 spiro atoms. The third-order valence-corrected chi connectivity index (χ3v) is 5.38. The van der Waals surface area contributed by atoms with Crippen molar-refractivity contribution in [3.8, 4) is 0 Å². The third kappa shape index (κ3) is 3.75. The van der Waals surface area contributed by atoms with Crippen LogP contribution in [0.4, 0.5) is 4.39 Å². The summed E-state index contributed by atoms with van der Waals surface area (Å²) in [6.07, 6.45) is 5.42. The zero-order valence-corrected chi connectivity index (χ0v) is 14.5. The Bertz CT molecular complexity index is 658. The zero-order chi connectivity index (χ0) is 17.9. The molecule has 134 valence electrons. The quantitative estimate of drug-likeness (QED) is 0.770. The molecular formula is C20H25FN2O2. The Labute approximate surface area is 148 Å². The van der Waals surface area contributed by atoms with Gasteiger partial charge in [0.05, 0.1) is 5.41 Å². The number of halogens is 1. The van der Waals surface area contributed by atoms with Crippen LogP contribution in [-0.4, -0.2) is 41.2 Å². The molecule has 5 heteroatoms. The number of amides is 2. The maximum absolute atomic E-state index is 13.1. The molecule has 0 saturated carbocycles. The van der Waals surface area contributed by atoms with Crippen molar-refractivity contribution in [3.05, 3.63) is 48.3 Å². The lowest BCUT2D eigenvalue weighted by Crippen LogP contribution is -2.50. The molecule has 0 N–H and O–H groups in total. The first-order valence-corrected chi connectivity index (χ1v) is 8.96. The fourth-order valence-corrected chi connectivity index (χ4v) is 3.96. The molecule has 0 aromatic heterocycles. The second-order valence-electron chi connectivity index (χ2n) is 7.13. The van der Waals surface area contributed by atoms with E-state index < -0.39 is 5.41 Å². The number of benzene rings is 1. The predicted molar refractivity (Wildman–Crippen MR) is 94.1 cm³/mol. The summed E-state index contributed by atoms with van der Waals surface area (Å²) in [5, 5.41) is 0. The van der Waals surface area contributed by atoms with Gasteiger partial charge in [0.25, 0.3) is 0 Å². The van der Waals surface area contributed by atoms with Gasteiger partial charge in [0, 0.05) is 32.6 Å². The standard InChI is InChI=1S/C20H25FN2O2/c1-2-3-5-18(24)23-13-11-20(15-23)10-4-12-22(19(20)25)14-16-6-8-17(21)9-7-16/h2,6-9H,1,3-5,10-15H2/t20-/m0/s1. The third-order valence-electron chi connectivity index (χ3n) is 5.38. The molecule has 3 rings (SSSR count). The summed E-state index contributed by atoms with van der Waals surface area (Å²) < 4.78 is 13.1. The Kier molecular flexibility index (Phi) is 5.21. The van der Waals surface area contributed by atoms with Gasteiger partial charge < -0.3 is 9.80 Å². The van der Waals surface area contributed by atoms with Crippen LogP contribution >= 0.6 is 0 Å². The highest BCUT2D eigenvalue weighted by Gasteiger charge is 2.49.